The number of nitrogens with one attached hydrogen (secondary N) is 1. The first-order chi connectivity index (χ1) is 11.1. The Morgan fingerprint density at radius 3 is 2.62 bits per heavy atom. The maximum atomic E-state index is 11.8. The summed E-state index contributed by atoms with van der Waals surface area (Å²) in [6, 6.07) is 11.3. The van der Waals surface area contributed by atoms with Crippen LogP contribution in [0.2, 0.25) is 0 Å². The van der Waals surface area contributed by atoms with Crippen molar-refractivity contribution in [2.24, 2.45) is 4.99 Å². The summed E-state index contributed by atoms with van der Waals surface area (Å²) < 4.78 is 5.00. The summed E-state index contributed by atoms with van der Waals surface area (Å²) in [5.74, 6) is 0.225. The summed E-state index contributed by atoms with van der Waals surface area (Å²) >= 11 is 0. The molecule has 2 aromatic rings. The molecule has 0 atom stereocenters. The van der Waals surface area contributed by atoms with Gasteiger partial charge >= 0.3 is 0 Å². The minimum Gasteiger partial charge on any atom is -0.507 e. The Morgan fingerprint density at radius 2 is 1.96 bits per heavy atom. The number of aromatic hydroxyl groups is 2. The smallest absolute Gasteiger partial charge is 0.255 e. The van der Waals surface area contributed by atoms with Crippen molar-refractivity contribution < 1.29 is 36.8 Å². The molecular weight excluding hydrogens is 351 g/mol. The Kier molecular flexibility index (Phi) is 7.82. The zero-order valence-electron chi connectivity index (χ0n) is 13.1. The summed E-state index contributed by atoms with van der Waals surface area (Å²) in [6.45, 7) is 0.672. The second-order valence-electron chi connectivity index (χ2n) is 4.73. The van der Waals surface area contributed by atoms with Crippen molar-refractivity contribution in [3.05, 3.63) is 53.6 Å². The number of carbonyl (C=O) groups excluding carboxylic acids is 1. The van der Waals surface area contributed by atoms with Crippen molar-refractivity contribution in [1.29, 1.82) is 0 Å². The normalized spacial score (nSPS) is 10.2. The molecule has 2 aromatic carbocycles. The monoisotopic (exact) mass is 369 g/mol. The second-order valence-corrected chi connectivity index (χ2v) is 4.73. The van der Waals surface area contributed by atoms with Crippen molar-refractivity contribution in [1.82, 2.24) is 5.32 Å². The molecule has 127 valence electrons. The molecular formula is C17H18MnN2O4. The van der Waals surface area contributed by atoms with Crippen molar-refractivity contribution in [2.75, 3.05) is 20.2 Å². The number of hydrogen-bond acceptors (Lipinski definition) is 5. The maximum absolute atomic E-state index is 11.8. The summed E-state index contributed by atoms with van der Waals surface area (Å²) in [7, 11) is 1.52. The summed E-state index contributed by atoms with van der Waals surface area (Å²) in [4.78, 5) is 16.0. The van der Waals surface area contributed by atoms with Gasteiger partial charge in [-0.25, -0.2) is 0 Å². The van der Waals surface area contributed by atoms with E-state index < -0.39 is 0 Å². The fourth-order valence-corrected chi connectivity index (χ4v) is 1.92. The number of amides is 1. The molecule has 24 heavy (non-hydrogen) atoms. The quantitative estimate of drug-likeness (QED) is 0.412. The van der Waals surface area contributed by atoms with Crippen LogP contribution in [0.4, 0.5) is 0 Å². The van der Waals surface area contributed by atoms with E-state index in [1.54, 1.807) is 30.3 Å². The molecule has 0 unspecified atom stereocenters. The number of phenols is 2. The maximum Gasteiger partial charge on any atom is 0.255 e. The van der Waals surface area contributed by atoms with E-state index in [1.807, 2.05) is 0 Å². The number of para-hydroxylation sites is 1. The molecule has 0 heterocycles. The van der Waals surface area contributed by atoms with Crippen LogP contribution in [0.3, 0.4) is 0 Å². The Labute approximate surface area is 150 Å². The van der Waals surface area contributed by atoms with Gasteiger partial charge in [0.1, 0.15) is 17.2 Å². The van der Waals surface area contributed by atoms with E-state index in [4.69, 9.17) is 4.74 Å². The number of hydrogen-bond donors (Lipinski definition) is 3. The van der Waals surface area contributed by atoms with Gasteiger partial charge in [-0.3, -0.25) is 9.79 Å². The molecule has 0 aliphatic carbocycles. The number of ether oxygens (including phenoxy) is 1. The molecule has 0 fully saturated rings. The van der Waals surface area contributed by atoms with Gasteiger partial charge in [0.05, 0.1) is 19.2 Å². The van der Waals surface area contributed by atoms with E-state index in [0.29, 0.717) is 24.4 Å². The summed E-state index contributed by atoms with van der Waals surface area (Å²) in [6.07, 6.45) is 1.53. The Morgan fingerprint density at radius 1 is 1.21 bits per heavy atom. The van der Waals surface area contributed by atoms with E-state index in [9.17, 15) is 15.0 Å². The third kappa shape index (κ3) is 5.30. The molecule has 1 amide bonds. The largest absolute Gasteiger partial charge is 0.507 e. The van der Waals surface area contributed by atoms with Gasteiger partial charge in [0.25, 0.3) is 5.91 Å². The SMILES string of the molecule is COc1ccc(C=NCCNC(=O)c2ccccc2O)c(O)c1.[Mn]. The topological polar surface area (TPSA) is 91.2 Å². The molecule has 0 saturated heterocycles. The van der Waals surface area contributed by atoms with Crippen molar-refractivity contribution in [3.8, 4) is 17.2 Å². The van der Waals surface area contributed by atoms with Crippen LogP contribution in [0.25, 0.3) is 0 Å². The number of benzene rings is 2. The van der Waals surface area contributed by atoms with E-state index in [1.165, 1.54) is 25.5 Å². The third-order valence-electron chi connectivity index (χ3n) is 3.14. The van der Waals surface area contributed by atoms with Crippen LogP contribution in [0.5, 0.6) is 17.2 Å². The number of methoxy groups -OCH3 is 1. The number of phenolic OH excluding ortho intramolecular Hbond substituents is 2. The number of carbonyl (C=O) groups is 1. The molecule has 7 heteroatoms. The third-order valence-corrected chi connectivity index (χ3v) is 3.14. The first-order valence-electron chi connectivity index (χ1n) is 7.05. The van der Waals surface area contributed by atoms with Gasteiger partial charge in [0.2, 0.25) is 0 Å². The minimum atomic E-state index is -0.356. The van der Waals surface area contributed by atoms with Gasteiger partial charge in [0.15, 0.2) is 0 Å². The van der Waals surface area contributed by atoms with Gasteiger partial charge in [-0.05, 0) is 24.3 Å². The Bertz CT molecular complexity index is 719. The zero-order valence-corrected chi connectivity index (χ0v) is 14.2. The van der Waals surface area contributed by atoms with Crippen LogP contribution in [-0.4, -0.2) is 42.5 Å². The Hall–Kier alpha value is -2.50. The summed E-state index contributed by atoms with van der Waals surface area (Å²) in [5, 5.41) is 22.0. The first kappa shape index (κ1) is 19.5. The fraction of sp³-hybridized carbons (Fsp3) is 0.176. The molecule has 0 aliphatic heterocycles. The molecule has 0 aliphatic rings. The first-order valence-corrected chi connectivity index (χ1v) is 7.05. The van der Waals surface area contributed by atoms with Gasteiger partial charge in [-0.2, -0.15) is 0 Å². The van der Waals surface area contributed by atoms with E-state index >= 15 is 0 Å². The molecule has 0 saturated carbocycles. The van der Waals surface area contributed by atoms with Crippen molar-refractivity contribution in [2.45, 2.75) is 0 Å². The van der Waals surface area contributed by atoms with Crippen LogP contribution in [0.15, 0.2) is 47.5 Å². The molecule has 0 spiro atoms. The average molecular weight is 369 g/mol. The zero-order chi connectivity index (χ0) is 16.7. The average Bonchev–Trinajstić information content (AvgIpc) is 2.56. The second kappa shape index (κ2) is 9.60. The fourth-order valence-electron chi connectivity index (χ4n) is 1.92. The van der Waals surface area contributed by atoms with Crippen molar-refractivity contribution >= 4 is 12.1 Å². The van der Waals surface area contributed by atoms with Crippen molar-refractivity contribution in [3.63, 3.8) is 0 Å². The van der Waals surface area contributed by atoms with Crippen LogP contribution in [-0.2, 0) is 17.1 Å². The molecule has 6 nitrogen and oxygen atoms in total. The van der Waals surface area contributed by atoms with Crippen LogP contribution in [0.1, 0.15) is 15.9 Å². The Balaban J connectivity index is 0.00000288. The van der Waals surface area contributed by atoms with Gasteiger partial charge in [-0.15, -0.1) is 0 Å². The number of rotatable bonds is 6. The molecule has 1 radical (unpaired) electrons. The van der Waals surface area contributed by atoms with Crippen LogP contribution in [0, 0.1) is 0 Å². The predicted molar refractivity (Wildman–Crippen MR) is 87.6 cm³/mol. The minimum absolute atomic E-state index is 0. The van der Waals surface area contributed by atoms with E-state index in [-0.39, 0.29) is 40.0 Å². The molecule has 2 rings (SSSR count). The van der Waals surface area contributed by atoms with Crippen LogP contribution < -0.4 is 10.1 Å². The van der Waals surface area contributed by atoms with E-state index in [0.717, 1.165) is 0 Å². The summed E-state index contributed by atoms with van der Waals surface area (Å²) in [5.41, 5.74) is 0.794. The van der Waals surface area contributed by atoms with Gasteiger partial charge in [-0.1, -0.05) is 12.1 Å². The molecule has 3 N–H and O–H groups in total. The molecule has 0 bridgehead atoms. The van der Waals surface area contributed by atoms with E-state index in [2.05, 4.69) is 10.3 Å². The molecule has 0 aromatic heterocycles. The number of nitrogens with zero attached hydrogens (tertiary/aromatic N) is 1. The van der Waals surface area contributed by atoms with Gasteiger partial charge < -0.3 is 20.3 Å². The van der Waals surface area contributed by atoms with Gasteiger partial charge in [0, 0.05) is 41.5 Å². The standard InChI is InChI=1S/C17H18N2O4.Mn/c1-23-13-7-6-12(16(21)10-13)11-18-8-9-19-17(22)14-4-2-3-5-15(14)20;/h2-7,10-11,20-21H,8-9H2,1H3,(H,19,22);. The predicted octanol–water partition coefficient (Wildman–Crippen LogP) is 1.95. The number of aliphatic imine (C=N–C) groups is 1. The van der Waals surface area contributed by atoms with Crippen LogP contribution >= 0.6 is 0 Å².